The summed E-state index contributed by atoms with van der Waals surface area (Å²) in [5.41, 5.74) is 15.2. The number of nitrogens with two attached hydrogens (primary N) is 3. The SMILES string of the molecule is CCCCN=C(N)N.Cl.Cl.N=C(N)n1cccn1. The maximum atomic E-state index is 6.83. The first kappa shape index (κ1) is 21.8. The standard InChI is InChI=1S/C5H13N3.C4H6N4.2ClH/c1-2-3-4-8-5(6)7;5-4(6)8-3-1-2-7-8;;/h2-4H2,1H3,(H4,6,7,8);1-3H,(H3,5,6);2*1H. The Labute approximate surface area is 119 Å². The summed E-state index contributed by atoms with van der Waals surface area (Å²) in [5, 5.41) is 10.5. The molecule has 1 aromatic heterocycles. The van der Waals surface area contributed by atoms with Crippen LogP contribution in [0, 0.1) is 5.41 Å². The Kier molecular flexibility index (Phi) is 16.4. The zero-order chi connectivity index (χ0) is 12.4. The molecule has 1 heterocycles. The number of aromatic nitrogens is 2. The number of hydrogen-bond acceptors (Lipinski definition) is 3. The lowest BCUT2D eigenvalue weighted by molar-refractivity contribution is 0.806. The Bertz CT molecular complexity index is 320. The highest BCUT2D eigenvalue weighted by atomic mass is 35.5. The van der Waals surface area contributed by atoms with Gasteiger partial charge in [0.25, 0.3) is 0 Å². The molecule has 0 aromatic carbocycles. The molecule has 0 aliphatic carbocycles. The van der Waals surface area contributed by atoms with E-state index in [0.717, 1.165) is 19.4 Å². The van der Waals surface area contributed by atoms with Crippen LogP contribution in [0.2, 0.25) is 0 Å². The molecule has 0 radical (unpaired) electrons. The molecule has 0 amide bonds. The first-order valence-corrected chi connectivity index (χ1v) is 4.97. The second kappa shape index (κ2) is 13.6. The van der Waals surface area contributed by atoms with Gasteiger partial charge in [0.2, 0.25) is 5.96 Å². The minimum absolute atomic E-state index is 0. The predicted octanol–water partition coefficient (Wildman–Crippen LogP) is 0.528. The minimum atomic E-state index is -0.0602. The second-order valence-corrected chi connectivity index (χ2v) is 3.00. The maximum Gasteiger partial charge on any atom is 0.213 e. The van der Waals surface area contributed by atoms with Crippen molar-refractivity contribution in [2.75, 3.05) is 6.54 Å². The molecule has 0 fully saturated rings. The Morgan fingerprint density at radius 2 is 1.94 bits per heavy atom. The fourth-order valence-electron chi connectivity index (χ4n) is 0.778. The van der Waals surface area contributed by atoms with Gasteiger partial charge in [0.15, 0.2) is 5.96 Å². The van der Waals surface area contributed by atoms with Crippen molar-refractivity contribution in [1.29, 1.82) is 5.41 Å². The number of guanidine groups is 1. The van der Waals surface area contributed by atoms with Gasteiger partial charge in [0.05, 0.1) is 0 Å². The average molecular weight is 298 g/mol. The van der Waals surface area contributed by atoms with Gasteiger partial charge in [-0.25, -0.2) is 4.68 Å². The second-order valence-electron chi connectivity index (χ2n) is 3.00. The maximum absolute atomic E-state index is 6.83. The van der Waals surface area contributed by atoms with Crippen LogP contribution < -0.4 is 17.2 Å². The number of halogens is 2. The number of rotatable bonds is 3. The van der Waals surface area contributed by atoms with E-state index in [4.69, 9.17) is 22.6 Å². The Morgan fingerprint density at radius 1 is 1.33 bits per heavy atom. The van der Waals surface area contributed by atoms with Crippen molar-refractivity contribution in [3.8, 4) is 0 Å². The topological polar surface area (TPSA) is 132 Å². The van der Waals surface area contributed by atoms with Crippen LogP contribution in [0.15, 0.2) is 23.5 Å². The van der Waals surface area contributed by atoms with Gasteiger partial charge in [-0.15, -0.1) is 24.8 Å². The van der Waals surface area contributed by atoms with E-state index >= 15 is 0 Å². The highest BCUT2D eigenvalue weighted by molar-refractivity contribution is 5.85. The number of nitrogens with one attached hydrogen (secondary N) is 1. The van der Waals surface area contributed by atoms with Gasteiger partial charge in [-0.2, -0.15) is 5.10 Å². The van der Waals surface area contributed by atoms with Crippen LogP contribution in [0.25, 0.3) is 0 Å². The molecule has 18 heavy (non-hydrogen) atoms. The first-order valence-electron chi connectivity index (χ1n) is 4.97. The lowest BCUT2D eigenvalue weighted by Gasteiger charge is -1.91. The molecule has 0 bridgehead atoms. The molecule has 0 spiro atoms. The van der Waals surface area contributed by atoms with Gasteiger partial charge in [-0.1, -0.05) is 13.3 Å². The molecule has 9 heteroatoms. The van der Waals surface area contributed by atoms with Crippen molar-refractivity contribution in [3.63, 3.8) is 0 Å². The molecule has 106 valence electrons. The quantitative estimate of drug-likeness (QED) is 0.368. The van der Waals surface area contributed by atoms with E-state index in [-0.39, 0.29) is 36.7 Å². The highest BCUT2D eigenvalue weighted by Crippen LogP contribution is 1.84. The van der Waals surface area contributed by atoms with Gasteiger partial charge in [0.1, 0.15) is 0 Å². The molecule has 0 aliphatic heterocycles. The van der Waals surface area contributed by atoms with Gasteiger partial charge in [-0.05, 0) is 12.5 Å². The minimum Gasteiger partial charge on any atom is -0.370 e. The summed E-state index contributed by atoms with van der Waals surface area (Å²) < 4.78 is 1.28. The monoisotopic (exact) mass is 297 g/mol. The van der Waals surface area contributed by atoms with Gasteiger partial charge >= 0.3 is 0 Å². The summed E-state index contributed by atoms with van der Waals surface area (Å²) in [5.74, 6) is 0.133. The van der Waals surface area contributed by atoms with Crippen LogP contribution in [-0.4, -0.2) is 28.2 Å². The molecule has 0 saturated carbocycles. The molecule has 1 rings (SSSR count). The number of nitrogen functional groups attached to an aromatic ring is 1. The van der Waals surface area contributed by atoms with Crippen molar-refractivity contribution >= 4 is 36.7 Å². The van der Waals surface area contributed by atoms with Crippen molar-refractivity contribution < 1.29 is 0 Å². The molecule has 0 unspecified atom stereocenters. The fraction of sp³-hybridized carbons (Fsp3) is 0.444. The molecule has 1 aromatic rings. The molecular formula is C9H21Cl2N7. The van der Waals surface area contributed by atoms with Crippen LogP contribution in [0.5, 0.6) is 0 Å². The van der Waals surface area contributed by atoms with Crippen LogP contribution in [0.1, 0.15) is 19.8 Å². The van der Waals surface area contributed by atoms with Crippen molar-refractivity contribution in [1.82, 2.24) is 9.78 Å². The van der Waals surface area contributed by atoms with E-state index in [1.54, 1.807) is 18.5 Å². The summed E-state index contributed by atoms with van der Waals surface area (Å²) in [6.45, 7) is 2.86. The number of nitrogens with zero attached hydrogens (tertiary/aromatic N) is 3. The van der Waals surface area contributed by atoms with Crippen LogP contribution in [0.3, 0.4) is 0 Å². The van der Waals surface area contributed by atoms with Crippen molar-refractivity contribution in [2.45, 2.75) is 19.8 Å². The van der Waals surface area contributed by atoms with Gasteiger partial charge < -0.3 is 17.2 Å². The summed E-state index contributed by atoms with van der Waals surface area (Å²) in [6, 6.07) is 1.71. The van der Waals surface area contributed by atoms with Crippen LogP contribution in [0.4, 0.5) is 0 Å². The lowest BCUT2D eigenvalue weighted by atomic mass is 10.3. The van der Waals surface area contributed by atoms with E-state index < -0.39 is 0 Å². The lowest BCUT2D eigenvalue weighted by Crippen LogP contribution is -2.22. The van der Waals surface area contributed by atoms with E-state index in [1.807, 2.05) is 0 Å². The van der Waals surface area contributed by atoms with Gasteiger partial charge in [-0.3, -0.25) is 10.4 Å². The van der Waals surface area contributed by atoms with Crippen LogP contribution >= 0.6 is 24.8 Å². The first-order chi connectivity index (χ1) is 7.57. The van der Waals surface area contributed by atoms with Crippen molar-refractivity contribution in [2.24, 2.45) is 22.2 Å². The summed E-state index contributed by atoms with van der Waals surface area (Å²) in [4.78, 5) is 3.79. The molecule has 7 N–H and O–H groups in total. The summed E-state index contributed by atoms with van der Waals surface area (Å²) >= 11 is 0. The summed E-state index contributed by atoms with van der Waals surface area (Å²) in [7, 11) is 0. The molecule has 0 saturated heterocycles. The largest absolute Gasteiger partial charge is 0.370 e. The average Bonchev–Trinajstić information content (AvgIpc) is 2.71. The zero-order valence-electron chi connectivity index (χ0n) is 10.2. The summed E-state index contributed by atoms with van der Waals surface area (Å²) in [6.07, 6.45) is 5.39. The highest BCUT2D eigenvalue weighted by Gasteiger charge is 1.87. The number of hydrogen-bond donors (Lipinski definition) is 4. The normalized spacial score (nSPS) is 7.83. The molecule has 0 atom stereocenters. The van der Waals surface area contributed by atoms with E-state index in [0.29, 0.717) is 0 Å². The fourth-order valence-corrected chi connectivity index (χ4v) is 0.778. The van der Waals surface area contributed by atoms with E-state index in [1.165, 1.54) is 4.68 Å². The number of aliphatic imine (C=N–C) groups is 1. The third kappa shape index (κ3) is 12.6. The van der Waals surface area contributed by atoms with E-state index in [9.17, 15) is 0 Å². The smallest absolute Gasteiger partial charge is 0.213 e. The number of unbranched alkanes of at least 4 members (excludes halogenated alkanes) is 1. The third-order valence-electron chi connectivity index (χ3n) is 1.56. The Hall–Kier alpha value is -1.47. The molecular weight excluding hydrogens is 277 g/mol. The third-order valence-corrected chi connectivity index (χ3v) is 1.56. The Morgan fingerprint density at radius 3 is 2.22 bits per heavy atom. The molecule has 0 aliphatic rings. The van der Waals surface area contributed by atoms with Crippen LogP contribution in [-0.2, 0) is 0 Å². The molecule has 7 nitrogen and oxygen atoms in total. The zero-order valence-corrected chi connectivity index (χ0v) is 11.9. The predicted molar refractivity (Wildman–Crippen MR) is 79.6 cm³/mol. The van der Waals surface area contributed by atoms with Gasteiger partial charge in [0, 0.05) is 18.9 Å². The Balaban J connectivity index is -0.000000225. The van der Waals surface area contributed by atoms with Crippen molar-refractivity contribution in [3.05, 3.63) is 18.5 Å². The van der Waals surface area contributed by atoms with E-state index in [2.05, 4.69) is 17.0 Å².